The highest BCUT2D eigenvalue weighted by atomic mass is 16.5. The molecule has 0 aliphatic carbocycles. The molecule has 1 aromatic heterocycles. The number of hydrogen-bond acceptors (Lipinski definition) is 3. The maximum atomic E-state index is 10.5. The molecule has 1 heterocycles. The Balaban J connectivity index is 2.31. The Bertz CT molecular complexity index is 351. The second-order valence-electron chi connectivity index (χ2n) is 3.33. The van der Waals surface area contributed by atoms with Crippen LogP contribution in [0.15, 0.2) is 28.7 Å². The predicted molar refractivity (Wildman–Crippen MR) is 54.8 cm³/mol. The van der Waals surface area contributed by atoms with Gasteiger partial charge in [-0.2, -0.15) is 0 Å². The molecule has 0 atom stereocenters. The number of carboxylic acid groups (broad SMARTS) is 1. The molecule has 0 saturated carbocycles. The number of furan rings is 1. The van der Waals surface area contributed by atoms with Crippen LogP contribution in [0.25, 0.3) is 0 Å². The molecule has 0 radical (unpaired) electrons. The normalized spacial score (nSPS) is 10.2. The van der Waals surface area contributed by atoms with Crippen LogP contribution in [0.2, 0.25) is 0 Å². The van der Waals surface area contributed by atoms with Crippen LogP contribution >= 0.6 is 0 Å². The van der Waals surface area contributed by atoms with Crippen molar-refractivity contribution in [2.45, 2.75) is 20.0 Å². The monoisotopic (exact) mass is 210 g/mol. The second kappa shape index (κ2) is 5.36. The summed E-state index contributed by atoms with van der Waals surface area (Å²) in [7, 11) is 0. The Morgan fingerprint density at radius 2 is 2.33 bits per heavy atom. The fourth-order valence-corrected chi connectivity index (χ4v) is 0.990. The molecule has 0 aliphatic rings. The summed E-state index contributed by atoms with van der Waals surface area (Å²) in [5.74, 6) is -0.606. The first-order valence-corrected chi connectivity index (χ1v) is 4.63. The van der Waals surface area contributed by atoms with E-state index in [0.717, 1.165) is 12.0 Å². The van der Waals surface area contributed by atoms with Gasteiger partial charge in [0.2, 0.25) is 5.76 Å². The largest absolute Gasteiger partial charge is 0.475 e. The Morgan fingerprint density at radius 3 is 2.87 bits per heavy atom. The van der Waals surface area contributed by atoms with Crippen LogP contribution < -0.4 is 0 Å². The first-order valence-electron chi connectivity index (χ1n) is 4.63. The van der Waals surface area contributed by atoms with Crippen molar-refractivity contribution in [1.82, 2.24) is 0 Å². The Morgan fingerprint density at radius 1 is 1.60 bits per heavy atom. The lowest BCUT2D eigenvalue weighted by Crippen LogP contribution is -1.95. The lowest BCUT2D eigenvalue weighted by atomic mass is 10.3. The number of carbonyl (C=O) groups is 1. The van der Waals surface area contributed by atoms with Crippen LogP contribution in [0.3, 0.4) is 0 Å². The first-order chi connectivity index (χ1) is 7.09. The van der Waals surface area contributed by atoms with Gasteiger partial charge in [0.15, 0.2) is 0 Å². The first kappa shape index (κ1) is 11.5. The lowest BCUT2D eigenvalue weighted by Gasteiger charge is -2.01. The number of aromatic carboxylic acids is 1. The summed E-state index contributed by atoms with van der Waals surface area (Å²) in [4.78, 5) is 10.5. The zero-order chi connectivity index (χ0) is 11.3. The van der Waals surface area contributed by atoms with Crippen molar-refractivity contribution in [1.29, 1.82) is 0 Å². The summed E-state index contributed by atoms with van der Waals surface area (Å²) in [5.41, 5.74) is 1.06. The Hall–Kier alpha value is -1.55. The number of rotatable bonds is 6. The molecule has 0 aliphatic heterocycles. The molecule has 1 aromatic rings. The van der Waals surface area contributed by atoms with Crippen molar-refractivity contribution >= 4 is 5.97 Å². The molecule has 0 bridgehead atoms. The number of ether oxygens (including phenoxy) is 1. The van der Waals surface area contributed by atoms with Gasteiger partial charge in [-0.15, -0.1) is 6.58 Å². The maximum Gasteiger partial charge on any atom is 0.371 e. The van der Waals surface area contributed by atoms with Crippen molar-refractivity contribution in [3.63, 3.8) is 0 Å². The van der Waals surface area contributed by atoms with Crippen LogP contribution in [0.1, 0.15) is 29.7 Å². The molecular formula is C11H14O4. The van der Waals surface area contributed by atoms with E-state index in [-0.39, 0.29) is 5.76 Å². The summed E-state index contributed by atoms with van der Waals surface area (Å²) in [6.45, 7) is 6.54. The molecule has 82 valence electrons. The van der Waals surface area contributed by atoms with Gasteiger partial charge in [0.25, 0.3) is 0 Å². The smallest absolute Gasteiger partial charge is 0.371 e. The third-order valence-corrected chi connectivity index (χ3v) is 1.79. The standard InChI is InChI=1S/C11H14O4/c1-8(2)5-6-14-7-9-3-4-10(15-9)11(12)13/h3-4H,1,5-7H2,2H3,(H,12,13). The van der Waals surface area contributed by atoms with Crippen molar-refractivity contribution in [3.05, 3.63) is 35.8 Å². The minimum absolute atomic E-state index is 0.0616. The number of hydrogen-bond donors (Lipinski definition) is 1. The van der Waals surface area contributed by atoms with Crippen LogP contribution in [0.4, 0.5) is 0 Å². The Kier molecular flexibility index (Phi) is 4.12. The van der Waals surface area contributed by atoms with E-state index in [2.05, 4.69) is 6.58 Å². The molecular weight excluding hydrogens is 196 g/mol. The van der Waals surface area contributed by atoms with Gasteiger partial charge in [-0.1, -0.05) is 5.57 Å². The van der Waals surface area contributed by atoms with Crippen LogP contribution in [-0.2, 0) is 11.3 Å². The molecule has 15 heavy (non-hydrogen) atoms. The maximum absolute atomic E-state index is 10.5. The summed E-state index contributed by atoms with van der Waals surface area (Å²) >= 11 is 0. The molecule has 0 amide bonds. The molecule has 0 fully saturated rings. The molecule has 4 nitrogen and oxygen atoms in total. The second-order valence-corrected chi connectivity index (χ2v) is 3.33. The van der Waals surface area contributed by atoms with Gasteiger partial charge >= 0.3 is 5.97 Å². The summed E-state index contributed by atoms with van der Waals surface area (Å²) in [5, 5.41) is 8.60. The molecule has 0 spiro atoms. The zero-order valence-corrected chi connectivity index (χ0v) is 8.66. The van der Waals surface area contributed by atoms with E-state index in [1.54, 1.807) is 6.07 Å². The van der Waals surface area contributed by atoms with Crippen molar-refractivity contribution < 1.29 is 19.1 Å². The van der Waals surface area contributed by atoms with Gasteiger partial charge in [-0.05, 0) is 25.5 Å². The highest BCUT2D eigenvalue weighted by Crippen LogP contribution is 2.09. The van der Waals surface area contributed by atoms with E-state index in [1.165, 1.54) is 6.07 Å². The van der Waals surface area contributed by atoms with Gasteiger partial charge < -0.3 is 14.3 Å². The minimum Gasteiger partial charge on any atom is -0.475 e. The molecule has 1 N–H and O–H groups in total. The third-order valence-electron chi connectivity index (χ3n) is 1.79. The fraction of sp³-hybridized carbons (Fsp3) is 0.364. The van der Waals surface area contributed by atoms with Gasteiger partial charge in [0.1, 0.15) is 12.4 Å². The van der Waals surface area contributed by atoms with E-state index in [1.807, 2.05) is 6.92 Å². The molecule has 0 saturated heterocycles. The molecule has 0 unspecified atom stereocenters. The fourth-order valence-electron chi connectivity index (χ4n) is 0.990. The quantitative estimate of drug-likeness (QED) is 0.578. The number of carboxylic acids is 1. The molecule has 0 aromatic carbocycles. The van der Waals surface area contributed by atoms with E-state index in [9.17, 15) is 4.79 Å². The van der Waals surface area contributed by atoms with E-state index in [0.29, 0.717) is 19.0 Å². The molecule has 1 rings (SSSR count). The van der Waals surface area contributed by atoms with Crippen LogP contribution in [-0.4, -0.2) is 17.7 Å². The predicted octanol–water partition coefficient (Wildman–Crippen LogP) is 2.46. The topological polar surface area (TPSA) is 59.7 Å². The zero-order valence-electron chi connectivity index (χ0n) is 8.66. The van der Waals surface area contributed by atoms with Crippen molar-refractivity contribution in [3.8, 4) is 0 Å². The minimum atomic E-state index is -1.07. The van der Waals surface area contributed by atoms with Crippen LogP contribution in [0, 0.1) is 0 Å². The highest BCUT2D eigenvalue weighted by Gasteiger charge is 2.08. The van der Waals surface area contributed by atoms with Crippen LogP contribution in [0.5, 0.6) is 0 Å². The highest BCUT2D eigenvalue weighted by molar-refractivity contribution is 5.84. The summed E-state index contributed by atoms with van der Waals surface area (Å²) < 4.78 is 10.3. The average molecular weight is 210 g/mol. The van der Waals surface area contributed by atoms with Crippen molar-refractivity contribution in [2.24, 2.45) is 0 Å². The van der Waals surface area contributed by atoms with Gasteiger partial charge in [-0.3, -0.25) is 0 Å². The van der Waals surface area contributed by atoms with Crippen molar-refractivity contribution in [2.75, 3.05) is 6.61 Å². The van der Waals surface area contributed by atoms with Gasteiger partial charge in [-0.25, -0.2) is 4.79 Å². The SMILES string of the molecule is C=C(C)CCOCc1ccc(C(=O)O)o1. The van der Waals surface area contributed by atoms with E-state index in [4.69, 9.17) is 14.3 Å². The lowest BCUT2D eigenvalue weighted by molar-refractivity contribution is 0.0648. The van der Waals surface area contributed by atoms with E-state index < -0.39 is 5.97 Å². The van der Waals surface area contributed by atoms with E-state index >= 15 is 0 Å². The Labute approximate surface area is 88.2 Å². The van der Waals surface area contributed by atoms with Gasteiger partial charge in [0.05, 0.1) is 6.61 Å². The average Bonchev–Trinajstić information content (AvgIpc) is 2.60. The summed E-state index contributed by atoms with van der Waals surface area (Å²) in [6.07, 6.45) is 0.798. The summed E-state index contributed by atoms with van der Waals surface area (Å²) in [6, 6.07) is 3.02. The third kappa shape index (κ3) is 3.99. The molecule has 4 heteroatoms. The van der Waals surface area contributed by atoms with Gasteiger partial charge in [0, 0.05) is 0 Å².